The van der Waals surface area contributed by atoms with Crippen LogP contribution < -0.4 is 0 Å². The first-order valence-electron chi connectivity index (χ1n) is 12.9. The zero-order chi connectivity index (χ0) is 25.5. The van der Waals surface area contributed by atoms with Gasteiger partial charge in [0.2, 0.25) is 0 Å². The fourth-order valence-electron chi connectivity index (χ4n) is 5.17. The minimum atomic E-state index is 0.819. The minimum Gasteiger partial charge on any atom is -0.323 e. The number of rotatable bonds is 6. The Hall–Kier alpha value is -4.32. The van der Waals surface area contributed by atoms with Crippen LogP contribution >= 0.6 is 0 Å². The molecule has 0 radical (unpaired) electrons. The molecule has 6 nitrogen and oxygen atoms in total. The van der Waals surface area contributed by atoms with E-state index in [-0.39, 0.29) is 0 Å². The second-order valence-corrected chi connectivity index (χ2v) is 9.51. The summed E-state index contributed by atoms with van der Waals surface area (Å²) in [4.78, 5) is 19.4. The standard InChI is InChI=1S/C31H30N6/c1-5-36-28-15-13-22(18-26(28)34-30(36)24-11-7-9-20(3)32-24)17-23-14-16-29-27(19-23)35-31(37(29)6-2)25-12-8-10-21(4)33-25/h7-16,18-19H,5-6,17H2,1-4H3. The number of hydrogen-bond donors (Lipinski definition) is 0. The molecule has 6 rings (SSSR count). The summed E-state index contributed by atoms with van der Waals surface area (Å²) in [6, 6.07) is 25.4. The molecule has 0 unspecified atom stereocenters. The maximum Gasteiger partial charge on any atom is 0.159 e. The van der Waals surface area contributed by atoms with Crippen molar-refractivity contribution in [1.82, 2.24) is 29.1 Å². The van der Waals surface area contributed by atoms with Crippen molar-refractivity contribution < 1.29 is 0 Å². The second kappa shape index (κ2) is 9.28. The van der Waals surface area contributed by atoms with Crippen molar-refractivity contribution in [2.75, 3.05) is 0 Å². The molecular weight excluding hydrogens is 456 g/mol. The zero-order valence-corrected chi connectivity index (χ0v) is 21.7. The Morgan fingerprint density at radius 1 is 0.568 bits per heavy atom. The molecule has 0 aliphatic carbocycles. The van der Waals surface area contributed by atoms with E-state index in [0.29, 0.717) is 0 Å². The van der Waals surface area contributed by atoms with Crippen LogP contribution in [-0.4, -0.2) is 29.1 Å². The molecule has 0 aliphatic heterocycles. The predicted molar refractivity (Wildman–Crippen MR) is 150 cm³/mol. The SMILES string of the molecule is CCn1c(-c2cccc(C)n2)nc2cc(Cc3ccc4c(c3)nc(-c3cccc(C)n3)n4CC)ccc21. The maximum atomic E-state index is 4.99. The molecule has 4 heterocycles. The average molecular weight is 487 g/mol. The van der Waals surface area contributed by atoms with Gasteiger partial charge in [0.05, 0.1) is 22.1 Å². The third kappa shape index (κ3) is 4.18. The molecular formula is C31H30N6. The van der Waals surface area contributed by atoms with Crippen LogP contribution in [-0.2, 0) is 19.5 Å². The molecule has 0 aliphatic rings. The summed E-state index contributed by atoms with van der Waals surface area (Å²) in [6.07, 6.45) is 0.819. The summed E-state index contributed by atoms with van der Waals surface area (Å²) in [5, 5.41) is 0. The van der Waals surface area contributed by atoms with Crippen molar-refractivity contribution in [2.45, 2.75) is 47.2 Å². The van der Waals surface area contributed by atoms with E-state index in [9.17, 15) is 0 Å². The lowest BCUT2D eigenvalue weighted by atomic mass is 10.0. The van der Waals surface area contributed by atoms with Crippen molar-refractivity contribution in [3.8, 4) is 23.0 Å². The van der Waals surface area contributed by atoms with E-state index in [4.69, 9.17) is 19.9 Å². The van der Waals surface area contributed by atoms with Gasteiger partial charge in [-0.25, -0.2) is 19.9 Å². The fourth-order valence-corrected chi connectivity index (χ4v) is 5.17. The topological polar surface area (TPSA) is 61.4 Å². The van der Waals surface area contributed by atoms with Crippen LogP contribution in [0.4, 0.5) is 0 Å². The van der Waals surface area contributed by atoms with Crippen LogP contribution in [0.25, 0.3) is 45.1 Å². The monoisotopic (exact) mass is 486 g/mol. The number of pyridine rings is 2. The molecule has 0 saturated carbocycles. The van der Waals surface area contributed by atoms with Gasteiger partial charge in [-0.05, 0) is 93.8 Å². The Labute approximate surface area is 216 Å². The molecule has 0 bridgehead atoms. The molecule has 0 N–H and O–H groups in total. The van der Waals surface area contributed by atoms with Gasteiger partial charge in [-0.2, -0.15) is 0 Å². The van der Waals surface area contributed by atoms with Gasteiger partial charge in [0, 0.05) is 24.5 Å². The summed E-state index contributed by atoms with van der Waals surface area (Å²) in [5.41, 5.74) is 10.5. The third-order valence-electron chi connectivity index (χ3n) is 6.90. The van der Waals surface area contributed by atoms with Crippen LogP contribution in [0.5, 0.6) is 0 Å². The van der Waals surface area contributed by atoms with Gasteiger partial charge in [-0.1, -0.05) is 24.3 Å². The van der Waals surface area contributed by atoms with Gasteiger partial charge >= 0.3 is 0 Å². The molecule has 37 heavy (non-hydrogen) atoms. The first kappa shape index (κ1) is 23.1. The number of aromatic nitrogens is 6. The number of hydrogen-bond acceptors (Lipinski definition) is 4. The Kier molecular flexibility index (Phi) is 5.80. The van der Waals surface area contributed by atoms with Gasteiger partial charge in [0.1, 0.15) is 11.4 Å². The van der Waals surface area contributed by atoms with E-state index >= 15 is 0 Å². The summed E-state index contributed by atoms with van der Waals surface area (Å²) in [6.45, 7) is 10.0. The van der Waals surface area contributed by atoms with E-state index in [1.807, 2.05) is 50.2 Å². The molecule has 6 heteroatoms. The number of benzene rings is 2. The quantitative estimate of drug-likeness (QED) is 0.261. The summed E-state index contributed by atoms with van der Waals surface area (Å²) in [5.74, 6) is 1.84. The Morgan fingerprint density at radius 3 is 1.43 bits per heavy atom. The first-order chi connectivity index (χ1) is 18.0. The largest absolute Gasteiger partial charge is 0.323 e. The van der Waals surface area contributed by atoms with Crippen molar-refractivity contribution >= 4 is 22.1 Å². The average Bonchev–Trinajstić information content (AvgIpc) is 3.46. The molecule has 184 valence electrons. The number of imidazole rings is 2. The van der Waals surface area contributed by atoms with Gasteiger partial charge in [-0.15, -0.1) is 0 Å². The highest BCUT2D eigenvalue weighted by atomic mass is 15.1. The highest BCUT2D eigenvalue weighted by Crippen LogP contribution is 2.28. The number of aryl methyl sites for hydroxylation is 4. The molecule has 4 aromatic heterocycles. The Balaban J connectivity index is 1.36. The lowest BCUT2D eigenvalue weighted by Gasteiger charge is -2.07. The van der Waals surface area contributed by atoms with E-state index in [1.165, 1.54) is 11.1 Å². The normalized spacial score (nSPS) is 11.6. The number of nitrogens with zero attached hydrogens (tertiary/aromatic N) is 6. The first-order valence-corrected chi connectivity index (χ1v) is 12.9. The minimum absolute atomic E-state index is 0.819. The predicted octanol–water partition coefficient (Wildman–Crippen LogP) is 6.76. The maximum absolute atomic E-state index is 4.99. The van der Waals surface area contributed by atoms with Gasteiger partial charge in [0.15, 0.2) is 11.6 Å². The zero-order valence-electron chi connectivity index (χ0n) is 21.7. The fraction of sp³-hybridized carbons (Fsp3) is 0.226. The van der Waals surface area contributed by atoms with Crippen molar-refractivity contribution in [2.24, 2.45) is 0 Å². The Morgan fingerprint density at radius 2 is 1.03 bits per heavy atom. The van der Waals surface area contributed by atoms with Crippen LogP contribution in [0.3, 0.4) is 0 Å². The van der Waals surface area contributed by atoms with Crippen LogP contribution in [0.15, 0.2) is 72.8 Å². The van der Waals surface area contributed by atoms with E-state index < -0.39 is 0 Å². The summed E-state index contributed by atoms with van der Waals surface area (Å²) < 4.78 is 4.48. The van der Waals surface area contributed by atoms with Crippen LogP contribution in [0, 0.1) is 13.8 Å². The molecule has 0 atom stereocenters. The lowest BCUT2D eigenvalue weighted by molar-refractivity contribution is 0.792. The molecule has 2 aromatic carbocycles. The smallest absolute Gasteiger partial charge is 0.159 e. The van der Waals surface area contributed by atoms with Gasteiger partial charge in [-0.3, -0.25) is 0 Å². The molecule has 0 amide bonds. The molecule has 0 fully saturated rings. The van der Waals surface area contributed by atoms with E-state index in [0.717, 1.165) is 76.0 Å². The number of fused-ring (bicyclic) bond motifs is 2. The molecule has 6 aromatic rings. The van der Waals surface area contributed by atoms with Crippen LogP contribution in [0.2, 0.25) is 0 Å². The molecule has 0 spiro atoms. The van der Waals surface area contributed by atoms with Gasteiger partial charge < -0.3 is 9.13 Å². The van der Waals surface area contributed by atoms with Gasteiger partial charge in [0.25, 0.3) is 0 Å². The van der Waals surface area contributed by atoms with Crippen molar-refractivity contribution in [3.63, 3.8) is 0 Å². The summed E-state index contributed by atoms with van der Waals surface area (Å²) in [7, 11) is 0. The van der Waals surface area contributed by atoms with Crippen molar-refractivity contribution in [1.29, 1.82) is 0 Å². The lowest BCUT2D eigenvalue weighted by Crippen LogP contribution is -1.99. The third-order valence-corrected chi connectivity index (χ3v) is 6.90. The summed E-state index contributed by atoms with van der Waals surface area (Å²) >= 11 is 0. The highest BCUT2D eigenvalue weighted by molar-refractivity contribution is 5.82. The van der Waals surface area contributed by atoms with Crippen LogP contribution in [0.1, 0.15) is 36.4 Å². The highest BCUT2D eigenvalue weighted by Gasteiger charge is 2.15. The van der Waals surface area contributed by atoms with Crippen molar-refractivity contribution in [3.05, 3.63) is 95.3 Å². The second-order valence-electron chi connectivity index (χ2n) is 9.51. The Bertz CT molecular complexity index is 1630. The molecule has 0 saturated heterocycles. The van der Waals surface area contributed by atoms with E-state index in [1.54, 1.807) is 0 Å². The van der Waals surface area contributed by atoms with E-state index in [2.05, 4.69) is 59.4 Å².